The average molecular weight is 443 g/mol. The van der Waals surface area contributed by atoms with Gasteiger partial charge in [-0.1, -0.05) is 66.4 Å². The van der Waals surface area contributed by atoms with E-state index in [0.717, 1.165) is 27.9 Å². The molecule has 0 saturated heterocycles. The third-order valence-electron chi connectivity index (χ3n) is 5.77. The fourth-order valence-corrected chi connectivity index (χ4v) is 4.80. The maximum absolute atomic E-state index is 13.5. The molecule has 32 heavy (non-hydrogen) atoms. The van der Waals surface area contributed by atoms with Gasteiger partial charge < -0.3 is 5.11 Å². The minimum atomic E-state index is -0.635. The molecule has 1 unspecified atom stereocenters. The lowest BCUT2D eigenvalue weighted by atomic mass is 10.1. The van der Waals surface area contributed by atoms with Crippen molar-refractivity contribution in [3.8, 4) is 5.69 Å². The number of hydrogen-bond donors (Lipinski definition) is 1. The smallest absolute Gasteiger partial charge is 0.267 e. The summed E-state index contributed by atoms with van der Waals surface area (Å²) in [4.78, 5) is 13.5. The van der Waals surface area contributed by atoms with Gasteiger partial charge >= 0.3 is 0 Å². The van der Waals surface area contributed by atoms with E-state index in [0.29, 0.717) is 22.1 Å². The molecule has 0 aliphatic rings. The van der Waals surface area contributed by atoms with Crippen molar-refractivity contribution in [1.29, 1.82) is 0 Å². The zero-order valence-electron chi connectivity index (χ0n) is 17.8. The van der Waals surface area contributed by atoms with Gasteiger partial charge in [0.1, 0.15) is 0 Å². The Balaban J connectivity index is 1.68. The number of fused-ring (bicyclic) bond motifs is 3. The Labute approximate surface area is 189 Å². The van der Waals surface area contributed by atoms with Crippen molar-refractivity contribution in [3.05, 3.63) is 99.8 Å². The summed E-state index contributed by atoms with van der Waals surface area (Å²) in [5.41, 5.74) is 4.38. The number of para-hydroxylation sites is 1. The van der Waals surface area contributed by atoms with Gasteiger partial charge in [-0.3, -0.25) is 9.20 Å². The molecular weight excluding hydrogens is 420 g/mol. The number of nitrogens with zero attached hydrogens (tertiary/aromatic N) is 4. The lowest BCUT2D eigenvalue weighted by Crippen LogP contribution is -2.22. The topological polar surface area (TPSA) is 72.4 Å². The summed E-state index contributed by atoms with van der Waals surface area (Å²) in [6.07, 6.45) is -0.635. The molecule has 1 atom stereocenters. The van der Waals surface area contributed by atoms with Crippen LogP contribution < -0.4 is 5.56 Å². The van der Waals surface area contributed by atoms with Gasteiger partial charge in [0.15, 0.2) is 5.16 Å². The summed E-state index contributed by atoms with van der Waals surface area (Å²) < 4.78 is 3.54. The molecule has 0 aliphatic carbocycles. The fourth-order valence-electron chi connectivity index (χ4n) is 3.89. The average Bonchev–Trinajstić information content (AvgIpc) is 3.24. The van der Waals surface area contributed by atoms with Crippen LogP contribution in [0.4, 0.5) is 0 Å². The van der Waals surface area contributed by atoms with E-state index in [2.05, 4.69) is 10.2 Å². The molecule has 0 bridgehead atoms. The SMILES string of the molecule is Cc1cccc(-n2c(=O)c3ccccc3n3c(SCC(O)c4ccccc4)nnc23)c1C. The van der Waals surface area contributed by atoms with Gasteiger partial charge in [0.25, 0.3) is 5.56 Å². The fraction of sp³-hybridized carbons (Fsp3) is 0.160. The minimum Gasteiger partial charge on any atom is -0.388 e. The first-order chi connectivity index (χ1) is 15.6. The van der Waals surface area contributed by atoms with Crippen molar-refractivity contribution in [2.24, 2.45) is 0 Å². The lowest BCUT2D eigenvalue weighted by Gasteiger charge is -2.15. The molecule has 0 aliphatic heterocycles. The molecule has 6 nitrogen and oxygen atoms in total. The van der Waals surface area contributed by atoms with Crippen molar-refractivity contribution >= 4 is 28.4 Å². The van der Waals surface area contributed by atoms with Gasteiger partial charge in [0.05, 0.1) is 22.7 Å². The number of hydrogen-bond acceptors (Lipinski definition) is 5. The van der Waals surface area contributed by atoms with E-state index < -0.39 is 6.10 Å². The quantitative estimate of drug-likeness (QED) is 0.407. The second kappa shape index (κ2) is 8.26. The van der Waals surface area contributed by atoms with Crippen LogP contribution in [-0.2, 0) is 0 Å². The summed E-state index contributed by atoms with van der Waals surface area (Å²) in [6, 6.07) is 22.9. The van der Waals surface area contributed by atoms with Gasteiger partial charge in [0, 0.05) is 5.75 Å². The minimum absolute atomic E-state index is 0.130. The van der Waals surface area contributed by atoms with Crippen molar-refractivity contribution < 1.29 is 5.11 Å². The lowest BCUT2D eigenvalue weighted by molar-refractivity contribution is 0.204. The van der Waals surface area contributed by atoms with Crippen molar-refractivity contribution in [3.63, 3.8) is 0 Å². The Kier molecular flexibility index (Phi) is 5.28. The van der Waals surface area contributed by atoms with E-state index in [9.17, 15) is 9.90 Å². The zero-order valence-corrected chi connectivity index (χ0v) is 18.6. The first-order valence-electron chi connectivity index (χ1n) is 10.4. The highest BCUT2D eigenvalue weighted by atomic mass is 32.2. The van der Waals surface area contributed by atoms with Gasteiger partial charge in [-0.15, -0.1) is 10.2 Å². The largest absolute Gasteiger partial charge is 0.388 e. The van der Waals surface area contributed by atoms with Gasteiger partial charge in [-0.2, -0.15) is 0 Å². The number of benzene rings is 3. The molecule has 0 fully saturated rings. The molecule has 0 radical (unpaired) electrons. The first-order valence-corrected chi connectivity index (χ1v) is 11.4. The van der Waals surface area contributed by atoms with Crippen LogP contribution >= 0.6 is 11.8 Å². The van der Waals surface area contributed by atoms with Gasteiger partial charge in [0.2, 0.25) is 5.78 Å². The van der Waals surface area contributed by atoms with Crippen LogP contribution in [0.3, 0.4) is 0 Å². The monoisotopic (exact) mass is 442 g/mol. The summed E-state index contributed by atoms with van der Waals surface area (Å²) >= 11 is 1.42. The van der Waals surface area contributed by atoms with Crippen molar-refractivity contribution in [2.45, 2.75) is 25.1 Å². The normalized spacial score (nSPS) is 12.5. The highest BCUT2D eigenvalue weighted by Crippen LogP contribution is 2.27. The molecule has 0 saturated carbocycles. The summed E-state index contributed by atoms with van der Waals surface area (Å²) in [7, 11) is 0. The Bertz CT molecular complexity index is 1490. The number of aryl methyl sites for hydroxylation is 1. The summed E-state index contributed by atoms with van der Waals surface area (Å²) in [5, 5.41) is 20.6. The highest BCUT2D eigenvalue weighted by Gasteiger charge is 2.20. The van der Waals surface area contributed by atoms with Crippen LogP contribution in [0, 0.1) is 13.8 Å². The maximum Gasteiger partial charge on any atom is 0.267 e. The van der Waals surface area contributed by atoms with Crippen LogP contribution in [0.5, 0.6) is 0 Å². The van der Waals surface area contributed by atoms with E-state index in [1.807, 2.05) is 91.0 Å². The highest BCUT2D eigenvalue weighted by molar-refractivity contribution is 7.99. The first kappa shape index (κ1) is 20.5. The molecule has 7 heteroatoms. The predicted molar refractivity (Wildman–Crippen MR) is 128 cm³/mol. The van der Waals surface area contributed by atoms with Crippen LogP contribution in [0.1, 0.15) is 22.8 Å². The maximum atomic E-state index is 13.5. The van der Waals surface area contributed by atoms with Crippen molar-refractivity contribution in [1.82, 2.24) is 19.2 Å². The summed E-state index contributed by atoms with van der Waals surface area (Å²) in [5.74, 6) is 0.876. The Morgan fingerprint density at radius 1 is 0.938 bits per heavy atom. The Morgan fingerprint density at radius 2 is 1.69 bits per heavy atom. The number of rotatable bonds is 5. The van der Waals surface area contributed by atoms with Gasteiger partial charge in [-0.25, -0.2) is 4.57 Å². The third-order valence-corrected chi connectivity index (χ3v) is 6.77. The molecule has 2 aromatic heterocycles. The predicted octanol–water partition coefficient (Wildman–Crippen LogP) is 4.48. The second-order valence-corrected chi connectivity index (χ2v) is 8.72. The second-order valence-electron chi connectivity index (χ2n) is 7.73. The molecule has 0 spiro atoms. The Hall–Kier alpha value is -3.42. The standard InChI is InChI=1S/C25H22N4O2S/c1-16-9-8-14-20(17(16)2)28-23(31)19-12-6-7-13-21(19)29-24(28)26-27-25(29)32-15-22(30)18-10-4-3-5-11-18/h3-14,22,30H,15H2,1-2H3. The van der Waals surface area contributed by atoms with E-state index in [4.69, 9.17) is 0 Å². The van der Waals surface area contributed by atoms with E-state index in [1.165, 1.54) is 11.8 Å². The molecule has 160 valence electrons. The zero-order chi connectivity index (χ0) is 22.2. The molecule has 2 heterocycles. The Morgan fingerprint density at radius 3 is 2.50 bits per heavy atom. The van der Waals surface area contributed by atoms with Crippen LogP contribution in [-0.4, -0.2) is 30.0 Å². The number of aliphatic hydroxyl groups is 1. The summed E-state index contributed by atoms with van der Waals surface area (Å²) in [6.45, 7) is 4.03. The molecular formula is C25H22N4O2S. The van der Waals surface area contributed by atoms with Crippen LogP contribution in [0.2, 0.25) is 0 Å². The molecule has 0 amide bonds. The number of aliphatic hydroxyl groups excluding tert-OH is 1. The van der Waals surface area contributed by atoms with E-state index in [-0.39, 0.29) is 5.56 Å². The number of aromatic nitrogens is 4. The molecule has 5 rings (SSSR count). The van der Waals surface area contributed by atoms with Gasteiger partial charge in [-0.05, 0) is 48.7 Å². The molecule has 5 aromatic rings. The molecule has 3 aromatic carbocycles. The van der Waals surface area contributed by atoms with Crippen LogP contribution in [0.15, 0.2) is 82.7 Å². The number of thioether (sulfide) groups is 1. The molecule has 1 N–H and O–H groups in total. The van der Waals surface area contributed by atoms with E-state index in [1.54, 1.807) is 4.57 Å². The van der Waals surface area contributed by atoms with Crippen molar-refractivity contribution in [2.75, 3.05) is 5.75 Å². The van der Waals surface area contributed by atoms with E-state index >= 15 is 0 Å². The third kappa shape index (κ3) is 3.39. The van der Waals surface area contributed by atoms with Crippen LogP contribution in [0.25, 0.3) is 22.4 Å².